The van der Waals surface area contributed by atoms with Crippen LogP contribution in [0.5, 0.6) is 5.75 Å². The van der Waals surface area contributed by atoms with Crippen LogP contribution in [0.4, 0.5) is 0 Å². The molecule has 2 aliphatic rings. The van der Waals surface area contributed by atoms with Gasteiger partial charge in [0.25, 0.3) is 0 Å². The lowest BCUT2D eigenvalue weighted by molar-refractivity contribution is -0.122. The molecule has 1 atom stereocenters. The van der Waals surface area contributed by atoms with Gasteiger partial charge >= 0.3 is 0 Å². The number of ether oxygens (including phenoxy) is 2. The maximum absolute atomic E-state index is 12.6. The van der Waals surface area contributed by atoms with Gasteiger partial charge in [0.05, 0.1) is 13.7 Å². The van der Waals surface area contributed by atoms with Gasteiger partial charge in [0.2, 0.25) is 5.91 Å². The number of aliphatic hydroxyl groups is 1. The average Bonchev–Trinajstić information content (AvgIpc) is 3.50. The Balaban J connectivity index is 1.61. The lowest BCUT2D eigenvalue weighted by Gasteiger charge is -2.35. The van der Waals surface area contributed by atoms with E-state index in [9.17, 15) is 9.90 Å². The Morgan fingerprint density at radius 2 is 2.12 bits per heavy atom. The van der Waals surface area contributed by atoms with Crippen molar-refractivity contribution in [1.82, 2.24) is 5.32 Å². The Hall–Kier alpha value is -1.59. The standard InChI is InChI=1S/C21H31NO4/c1-15-11-17(5-6-19(15)25-2)18(16-3-4-16)12-20(24)22-13-21(14-23)7-9-26-10-8-21/h5-6,11,16,18,23H,3-4,7-10,12-14H2,1-2H3,(H,22,24). The summed E-state index contributed by atoms with van der Waals surface area (Å²) in [5, 5.41) is 12.9. The quantitative estimate of drug-likeness (QED) is 0.747. The summed E-state index contributed by atoms with van der Waals surface area (Å²) in [6, 6.07) is 6.25. The molecule has 1 unspecified atom stereocenters. The zero-order valence-corrected chi connectivity index (χ0v) is 15.9. The molecule has 1 amide bonds. The molecular formula is C21H31NO4. The molecule has 1 aromatic rings. The summed E-state index contributed by atoms with van der Waals surface area (Å²) in [4.78, 5) is 12.6. The van der Waals surface area contributed by atoms with E-state index in [1.54, 1.807) is 7.11 Å². The first-order chi connectivity index (χ1) is 12.6. The fraction of sp³-hybridized carbons (Fsp3) is 0.667. The molecule has 1 heterocycles. The number of aryl methyl sites for hydroxylation is 1. The van der Waals surface area contributed by atoms with Crippen LogP contribution in [0, 0.1) is 18.3 Å². The molecule has 0 spiro atoms. The van der Waals surface area contributed by atoms with Crippen molar-refractivity contribution in [3.8, 4) is 5.75 Å². The molecule has 144 valence electrons. The van der Waals surface area contributed by atoms with Gasteiger partial charge in [0.1, 0.15) is 5.75 Å². The Bertz CT molecular complexity index is 620. The van der Waals surface area contributed by atoms with Crippen molar-refractivity contribution in [3.63, 3.8) is 0 Å². The van der Waals surface area contributed by atoms with E-state index in [-0.39, 0.29) is 23.8 Å². The summed E-state index contributed by atoms with van der Waals surface area (Å²) in [7, 11) is 1.68. The Labute approximate surface area is 156 Å². The second kappa shape index (κ2) is 8.40. The van der Waals surface area contributed by atoms with Gasteiger partial charge in [0.15, 0.2) is 0 Å². The van der Waals surface area contributed by atoms with Crippen LogP contribution in [0.3, 0.4) is 0 Å². The molecule has 1 aromatic carbocycles. The molecular weight excluding hydrogens is 330 g/mol. The summed E-state index contributed by atoms with van der Waals surface area (Å²) < 4.78 is 10.7. The van der Waals surface area contributed by atoms with Gasteiger partial charge in [-0.15, -0.1) is 0 Å². The Morgan fingerprint density at radius 3 is 2.69 bits per heavy atom. The van der Waals surface area contributed by atoms with Crippen molar-refractivity contribution < 1.29 is 19.4 Å². The van der Waals surface area contributed by atoms with E-state index in [2.05, 4.69) is 17.4 Å². The molecule has 1 aliphatic heterocycles. The lowest BCUT2D eigenvalue weighted by Crippen LogP contribution is -2.44. The molecule has 3 rings (SSSR count). The number of amides is 1. The first-order valence-corrected chi connectivity index (χ1v) is 9.67. The smallest absolute Gasteiger partial charge is 0.220 e. The molecule has 0 aromatic heterocycles. The summed E-state index contributed by atoms with van der Waals surface area (Å²) in [5.74, 6) is 1.83. The van der Waals surface area contributed by atoms with Crippen LogP contribution in [0.2, 0.25) is 0 Å². The topological polar surface area (TPSA) is 67.8 Å². The normalized spacial score (nSPS) is 20.4. The van der Waals surface area contributed by atoms with Crippen molar-refractivity contribution in [2.75, 3.05) is 33.5 Å². The largest absolute Gasteiger partial charge is 0.496 e. The SMILES string of the molecule is COc1ccc(C(CC(=O)NCC2(CO)CCOCC2)C2CC2)cc1C. The molecule has 1 aliphatic carbocycles. The first kappa shape index (κ1) is 19.2. The molecule has 1 saturated heterocycles. The van der Waals surface area contributed by atoms with Gasteiger partial charge in [-0.2, -0.15) is 0 Å². The maximum atomic E-state index is 12.6. The third-order valence-electron chi connectivity index (χ3n) is 5.99. The lowest BCUT2D eigenvalue weighted by atomic mass is 9.81. The van der Waals surface area contributed by atoms with E-state index in [4.69, 9.17) is 9.47 Å². The second-order valence-electron chi connectivity index (χ2n) is 7.92. The van der Waals surface area contributed by atoms with Crippen LogP contribution in [-0.2, 0) is 9.53 Å². The number of carbonyl (C=O) groups is 1. The average molecular weight is 361 g/mol. The predicted octanol–water partition coefficient (Wildman–Crippen LogP) is 2.79. The van der Waals surface area contributed by atoms with Crippen molar-refractivity contribution in [2.24, 2.45) is 11.3 Å². The van der Waals surface area contributed by atoms with E-state index >= 15 is 0 Å². The highest BCUT2D eigenvalue weighted by Crippen LogP contribution is 2.45. The molecule has 5 heteroatoms. The molecule has 5 nitrogen and oxygen atoms in total. The number of methoxy groups -OCH3 is 1. The summed E-state index contributed by atoms with van der Waals surface area (Å²) in [6.07, 6.45) is 4.50. The number of hydrogen-bond acceptors (Lipinski definition) is 4. The highest BCUT2D eigenvalue weighted by Gasteiger charge is 2.35. The molecule has 1 saturated carbocycles. The van der Waals surface area contributed by atoms with E-state index in [0.717, 1.165) is 24.2 Å². The number of benzene rings is 1. The first-order valence-electron chi connectivity index (χ1n) is 9.67. The van der Waals surface area contributed by atoms with Crippen molar-refractivity contribution in [2.45, 2.75) is 44.9 Å². The van der Waals surface area contributed by atoms with Crippen LogP contribution in [0.25, 0.3) is 0 Å². The second-order valence-corrected chi connectivity index (χ2v) is 7.92. The van der Waals surface area contributed by atoms with Crippen LogP contribution in [-0.4, -0.2) is 44.5 Å². The number of carbonyl (C=O) groups excluding carboxylic acids is 1. The monoisotopic (exact) mass is 361 g/mol. The van der Waals surface area contributed by atoms with Gasteiger partial charge in [-0.05, 0) is 61.6 Å². The van der Waals surface area contributed by atoms with Gasteiger partial charge in [-0.25, -0.2) is 0 Å². The number of nitrogens with one attached hydrogen (secondary N) is 1. The Kier molecular flexibility index (Phi) is 6.20. The van der Waals surface area contributed by atoms with E-state index in [1.165, 1.54) is 18.4 Å². The molecule has 0 radical (unpaired) electrons. The van der Waals surface area contributed by atoms with Gasteiger partial charge in [0, 0.05) is 31.6 Å². The molecule has 2 fully saturated rings. The summed E-state index contributed by atoms with van der Waals surface area (Å²) in [5.41, 5.74) is 2.11. The Morgan fingerprint density at radius 1 is 1.38 bits per heavy atom. The minimum Gasteiger partial charge on any atom is -0.496 e. The minimum atomic E-state index is -0.223. The van der Waals surface area contributed by atoms with Gasteiger partial charge in [-0.3, -0.25) is 4.79 Å². The van der Waals surface area contributed by atoms with Crippen molar-refractivity contribution in [1.29, 1.82) is 0 Å². The van der Waals surface area contributed by atoms with Crippen LogP contribution in [0.15, 0.2) is 18.2 Å². The third-order valence-corrected chi connectivity index (χ3v) is 5.99. The summed E-state index contributed by atoms with van der Waals surface area (Å²) in [6.45, 7) is 3.99. The number of rotatable bonds is 8. The summed E-state index contributed by atoms with van der Waals surface area (Å²) >= 11 is 0. The van der Waals surface area contributed by atoms with Crippen LogP contribution in [0.1, 0.15) is 49.1 Å². The predicted molar refractivity (Wildman–Crippen MR) is 100 cm³/mol. The van der Waals surface area contributed by atoms with Crippen molar-refractivity contribution >= 4 is 5.91 Å². The highest BCUT2D eigenvalue weighted by atomic mass is 16.5. The fourth-order valence-corrected chi connectivity index (χ4v) is 3.94. The fourth-order valence-electron chi connectivity index (χ4n) is 3.94. The van der Waals surface area contributed by atoms with E-state index in [0.29, 0.717) is 32.1 Å². The van der Waals surface area contributed by atoms with Crippen LogP contribution >= 0.6 is 0 Å². The molecule has 2 N–H and O–H groups in total. The van der Waals surface area contributed by atoms with Crippen LogP contribution < -0.4 is 10.1 Å². The van der Waals surface area contributed by atoms with E-state index in [1.807, 2.05) is 13.0 Å². The third kappa shape index (κ3) is 4.57. The van der Waals surface area contributed by atoms with Gasteiger partial charge in [-0.1, -0.05) is 12.1 Å². The minimum absolute atomic E-state index is 0.0784. The zero-order valence-electron chi connectivity index (χ0n) is 15.9. The van der Waals surface area contributed by atoms with E-state index < -0.39 is 0 Å². The highest BCUT2D eigenvalue weighted by molar-refractivity contribution is 5.77. The molecule has 0 bridgehead atoms. The molecule has 26 heavy (non-hydrogen) atoms. The van der Waals surface area contributed by atoms with Crippen molar-refractivity contribution in [3.05, 3.63) is 29.3 Å². The number of hydrogen-bond donors (Lipinski definition) is 2. The number of aliphatic hydroxyl groups excluding tert-OH is 1. The zero-order chi connectivity index (χ0) is 18.6. The maximum Gasteiger partial charge on any atom is 0.220 e. The van der Waals surface area contributed by atoms with Gasteiger partial charge < -0.3 is 19.9 Å².